The molecule has 0 amide bonds. The van der Waals surface area contributed by atoms with Crippen LogP contribution in [-0.4, -0.2) is 45.2 Å². The second-order valence-corrected chi connectivity index (χ2v) is 13.2. The van der Waals surface area contributed by atoms with Crippen LogP contribution in [-0.2, 0) is 9.53 Å². The maximum atomic E-state index is 12.3. The summed E-state index contributed by atoms with van der Waals surface area (Å²) in [6.07, 6.45) is 8.05. The van der Waals surface area contributed by atoms with Crippen LogP contribution >= 0.6 is 0 Å². The van der Waals surface area contributed by atoms with Crippen molar-refractivity contribution in [3.63, 3.8) is 0 Å². The maximum absolute atomic E-state index is 12.3. The molecule has 3 N–H and O–H groups in total. The van der Waals surface area contributed by atoms with Crippen LogP contribution < -0.4 is 0 Å². The van der Waals surface area contributed by atoms with Crippen LogP contribution in [0.4, 0.5) is 0 Å². The lowest BCUT2D eigenvalue weighted by atomic mass is 9.41. The van der Waals surface area contributed by atoms with Crippen LogP contribution in [0, 0.1) is 40.4 Å². The molecule has 0 spiro atoms. The summed E-state index contributed by atoms with van der Waals surface area (Å²) in [4.78, 5) is 12.3. The number of carbonyl (C=O) groups excluding carboxylic acids is 1. The Balaban J connectivity index is 1.68. The van der Waals surface area contributed by atoms with Gasteiger partial charge >= 0.3 is 5.97 Å². The van der Waals surface area contributed by atoms with E-state index in [1.54, 1.807) is 0 Å². The van der Waals surface area contributed by atoms with E-state index in [1.165, 1.54) is 25.3 Å². The molecule has 34 heavy (non-hydrogen) atoms. The first kappa shape index (κ1) is 26.2. The number of allylic oxidation sites excluding steroid dienone is 2. The fourth-order valence-corrected chi connectivity index (χ4v) is 9.48. The van der Waals surface area contributed by atoms with Gasteiger partial charge in [0.05, 0.1) is 17.8 Å². The van der Waals surface area contributed by atoms with Crippen LogP contribution in [0.2, 0.25) is 0 Å². The maximum Gasteiger partial charge on any atom is 0.302 e. The summed E-state index contributed by atoms with van der Waals surface area (Å²) in [7, 11) is 0. The first-order chi connectivity index (χ1) is 15.8. The molecule has 4 aliphatic rings. The lowest BCUT2D eigenvalue weighted by Crippen LogP contribution is -2.71. The fraction of sp³-hybridized carbons (Fsp3) is 0.897. The van der Waals surface area contributed by atoms with Crippen molar-refractivity contribution in [3.8, 4) is 0 Å². The van der Waals surface area contributed by atoms with Gasteiger partial charge in [-0.15, -0.1) is 0 Å². The highest BCUT2D eigenvalue weighted by Crippen LogP contribution is 2.69. The van der Waals surface area contributed by atoms with Crippen LogP contribution in [0.15, 0.2) is 11.6 Å². The highest BCUT2D eigenvalue weighted by Gasteiger charge is 2.70. The van der Waals surface area contributed by atoms with Gasteiger partial charge in [0.1, 0.15) is 6.10 Å². The monoisotopic (exact) mass is 476 g/mol. The Morgan fingerprint density at radius 3 is 2.47 bits per heavy atom. The molecule has 0 aromatic heterocycles. The molecule has 5 heteroatoms. The zero-order valence-corrected chi connectivity index (χ0v) is 22.2. The highest BCUT2D eigenvalue weighted by molar-refractivity contribution is 5.66. The van der Waals surface area contributed by atoms with Crippen molar-refractivity contribution in [2.24, 2.45) is 40.4 Å². The minimum absolute atomic E-state index is 0.00936. The Morgan fingerprint density at radius 2 is 1.82 bits per heavy atom. The Hall–Kier alpha value is -0.910. The minimum Gasteiger partial charge on any atom is -0.462 e. The van der Waals surface area contributed by atoms with Gasteiger partial charge in [0.2, 0.25) is 0 Å². The molecule has 4 rings (SSSR count). The van der Waals surface area contributed by atoms with E-state index in [9.17, 15) is 20.1 Å². The molecular weight excluding hydrogens is 428 g/mol. The average molecular weight is 477 g/mol. The summed E-state index contributed by atoms with van der Waals surface area (Å²) < 4.78 is 6.09. The van der Waals surface area contributed by atoms with Crippen molar-refractivity contribution < 1.29 is 24.9 Å². The summed E-state index contributed by atoms with van der Waals surface area (Å²) in [5, 5.41) is 33.5. The zero-order chi connectivity index (χ0) is 25.1. The third-order valence-corrected chi connectivity index (χ3v) is 11.0. The number of esters is 1. The molecule has 4 saturated carbocycles. The number of aliphatic hydroxyl groups is 3. The van der Waals surface area contributed by atoms with Gasteiger partial charge in [-0.1, -0.05) is 32.4 Å². The molecule has 5 nitrogen and oxygen atoms in total. The van der Waals surface area contributed by atoms with E-state index in [0.717, 1.165) is 19.3 Å². The van der Waals surface area contributed by atoms with Gasteiger partial charge in [0, 0.05) is 24.7 Å². The summed E-state index contributed by atoms with van der Waals surface area (Å²) in [6.45, 7) is 12.7. The lowest BCUT2D eigenvalue weighted by Gasteiger charge is -2.66. The van der Waals surface area contributed by atoms with Crippen molar-refractivity contribution >= 4 is 5.97 Å². The van der Waals surface area contributed by atoms with Gasteiger partial charge in [-0.25, -0.2) is 0 Å². The molecule has 0 unspecified atom stereocenters. The molecule has 4 aliphatic carbocycles. The highest BCUT2D eigenvalue weighted by atomic mass is 16.5. The second-order valence-electron chi connectivity index (χ2n) is 13.2. The number of hydrogen-bond donors (Lipinski definition) is 3. The topological polar surface area (TPSA) is 87.0 Å². The predicted molar refractivity (Wildman–Crippen MR) is 133 cm³/mol. The molecular formula is C29H48O5. The van der Waals surface area contributed by atoms with Gasteiger partial charge in [0.25, 0.3) is 0 Å². The molecule has 0 aromatic carbocycles. The van der Waals surface area contributed by atoms with Crippen molar-refractivity contribution in [2.75, 3.05) is 0 Å². The Morgan fingerprint density at radius 1 is 1.12 bits per heavy atom. The average Bonchev–Trinajstić information content (AvgIpc) is 3.06. The van der Waals surface area contributed by atoms with Gasteiger partial charge in [0.15, 0.2) is 0 Å². The molecule has 194 valence electrons. The zero-order valence-electron chi connectivity index (χ0n) is 22.2. The summed E-state index contributed by atoms with van der Waals surface area (Å²) >= 11 is 0. The molecule has 0 heterocycles. The van der Waals surface area contributed by atoms with Crippen LogP contribution in [0.25, 0.3) is 0 Å². The fourth-order valence-electron chi connectivity index (χ4n) is 9.48. The second kappa shape index (κ2) is 9.19. The van der Waals surface area contributed by atoms with E-state index in [4.69, 9.17) is 4.74 Å². The van der Waals surface area contributed by atoms with Gasteiger partial charge < -0.3 is 20.1 Å². The summed E-state index contributed by atoms with van der Waals surface area (Å²) in [6, 6.07) is 0. The van der Waals surface area contributed by atoms with E-state index in [2.05, 4.69) is 40.7 Å². The first-order valence-electron chi connectivity index (χ1n) is 13.7. The Labute approximate surface area is 206 Å². The number of fused-ring (bicyclic) bond motifs is 5. The number of ether oxygens (including phenoxy) is 1. The van der Waals surface area contributed by atoms with Crippen LogP contribution in [0.3, 0.4) is 0 Å². The van der Waals surface area contributed by atoms with Crippen molar-refractivity contribution in [3.05, 3.63) is 11.6 Å². The van der Waals surface area contributed by atoms with E-state index < -0.39 is 23.2 Å². The summed E-state index contributed by atoms with van der Waals surface area (Å²) in [5.74, 6) is 1.59. The molecule has 0 saturated heterocycles. The number of hydrogen-bond acceptors (Lipinski definition) is 5. The van der Waals surface area contributed by atoms with Crippen LogP contribution in [0.5, 0.6) is 0 Å². The third-order valence-electron chi connectivity index (χ3n) is 11.0. The van der Waals surface area contributed by atoms with E-state index in [-0.39, 0.29) is 35.7 Å². The standard InChI is InChI=1S/C29H48O5/c1-17(2)8-7-9-18(3)22-10-11-23-21-14-25(32)29(33)15-20(31)12-13-28(29,6)26(21)24(34-19(4)30)16-27(22,23)5/h8,18,20-26,31-33H,7,9-16H2,1-6H3/t18-,20+,21+,22-,23+,24-,25-,26-,27-,28-,29+/m1/s1. The van der Waals surface area contributed by atoms with Crippen molar-refractivity contribution in [2.45, 2.75) is 123 Å². The molecule has 0 aliphatic heterocycles. The quantitative estimate of drug-likeness (QED) is 0.383. The third kappa shape index (κ3) is 4.08. The SMILES string of the molecule is CC(=O)O[C@@H]1C[C@]2(C)[C@@H]([C@H](C)CCC=C(C)C)CC[C@H]2[C@@H]2C[C@@H](O)[C@@]3(O)C[C@@H](O)CC[C@]3(C)[C@H]21. The molecule has 4 fully saturated rings. The molecule has 11 atom stereocenters. The molecule has 0 aromatic rings. The van der Waals surface area contributed by atoms with E-state index in [0.29, 0.717) is 37.0 Å². The smallest absolute Gasteiger partial charge is 0.302 e. The first-order valence-corrected chi connectivity index (χ1v) is 13.7. The van der Waals surface area contributed by atoms with E-state index >= 15 is 0 Å². The largest absolute Gasteiger partial charge is 0.462 e. The number of rotatable bonds is 5. The predicted octanol–water partition coefficient (Wildman–Crippen LogP) is 5.02. The Kier molecular flexibility index (Phi) is 7.07. The number of aliphatic hydroxyl groups excluding tert-OH is 2. The Bertz CT molecular complexity index is 804. The van der Waals surface area contributed by atoms with Gasteiger partial charge in [-0.05, 0) is 94.3 Å². The molecule has 0 bridgehead atoms. The minimum atomic E-state index is -1.34. The van der Waals surface area contributed by atoms with Gasteiger partial charge in [-0.3, -0.25) is 4.79 Å². The van der Waals surface area contributed by atoms with Gasteiger partial charge in [-0.2, -0.15) is 0 Å². The van der Waals surface area contributed by atoms with Crippen molar-refractivity contribution in [1.82, 2.24) is 0 Å². The van der Waals surface area contributed by atoms with Crippen LogP contribution in [0.1, 0.15) is 99.3 Å². The van der Waals surface area contributed by atoms with Crippen molar-refractivity contribution in [1.29, 1.82) is 0 Å². The lowest BCUT2D eigenvalue weighted by molar-refractivity contribution is -0.284. The summed E-state index contributed by atoms with van der Waals surface area (Å²) in [5.41, 5.74) is -0.491. The molecule has 0 radical (unpaired) electrons. The number of carbonyl (C=O) groups is 1. The van der Waals surface area contributed by atoms with E-state index in [1.807, 2.05) is 0 Å². The normalized spacial score (nSPS) is 48.8.